The summed E-state index contributed by atoms with van der Waals surface area (Å²) in [6, 6.07) is 2.47. The van der Waals surface area contributed by atoms with E-state index in [1.54, 1.807) is 4.90 Å². The van der Waals surface area contributed by atoms with Gasteiger partial charge in [-0.1, -0.05) is 17.7 Å². The molecule has 5 rings (SSSR count). The molecule has 0 spiro atoms. The third-order valence-corrected chi connectivity index (χ3v) is 8.46. The Kier molecular flexibility index (Phi) is 8.40. The molecule has 1 unspecified atom stereocenters. The zero-order chi connectivity index (χ0) is 27.6. The second-order valence-corrected chi connectivity index (χ2v) is 11.8. The quantitative estimate of drug-likeness (QED) is 0.401. The summed E-state index contributed by atoms with van der Waals surface area (Å²) in [6.07, 6.45) is 3.43. The molecule has 4 heterocycles. The molecule has 1 saturated heterocycles. The summed E-state index contributed by atoms with van der Waals surface area (Å²) in [5.74, 6) is -1.10. The van der Waals surface area contributed by atoms with Crippen molar-refractivity contribution in [2.45, 2.75) is 44.0 Å². The van der Waals surface area contributed by atoms with Gasteiger partial charge in [0.05, 0.1) is 18.2 Å². The van der Waals surface area contributed by atoms with Crippen molar-refractivity contribution in [1.82, 2.24) is 19.9 Å². The fraction of sp³-hybridized carbons (Fsp3) is 0.417. The number of benzene rings is 1. The number of carbonyl (C=O) groups excluding carboxylic acids is 1. The van der Waals surface area contributed by atoms with Crippen molar-refractivity contribution in [1.29, 1.82) is 0 Å². The number of hydrogen-bond donors (Lipinski definition) is 1. The summed E-state index contributed by atoms with van der Waals surface area (Å²) in [5, 5.41) is 2.80. The first-order chi connectivity index (χ1) is 18.7. The van der Waals surface area contributed by atoms with Gasteiger partial charge in [0.1, 0.15) is 17.3 Å². The third kappa shape index (κ3) is 6.70. The summed E-state index contributed by atoms with van der Waals surface area (Å²) < 4.78 is 63.6. The number of thiazole rings is 1. The number of carbonyl (C=O) groups is 1. The molecule has 3 aromatic rings. The number of rotatable bonds is 7. The van der Waals surface area contributed by atoms with Crippen LogP contribution < -0.4 is 4.74 Å². The topological polar surface area (TPSA) is 141 Å². The molecule has 1 amide bonds. The molecule has 2 aromatic heterocycles. The number of fused-ring (bicyclic) bond motifs is 1. The minimum atomic E-state index is -4.31. The number of aromatic nitrogens is 3. The van der Waals surface area contributed by atoms with Crippen molar-refractivity contribution in [2.24, 2.45) is 0 Å². The summed E-state index contributed by atoms with van der Waals surface area (Å²) in [7, 11) is -4.31. The van der Waals surface area contributed by atoms with Gasteiger partial charge in [0.2, 0.25) is 6.29 Å². The number of piperidine rings is 1. The molecule has 0 aliphatic carbocycles. The number of hydrogen-bond acceptors (Lipinski definition) is 10. The van der Waals surface area contributed by atoms with Gasteiger partial charge in [-0.25, -0.2) is 19.3 Å². The van der Waals surface area contributed by atoms with E-state index in [0.717, 1.165) is 11.1 Å². The predicted molar refractivity (Wildman–Crippen MR) is 137 cm³/mol. The molecular formula is C24H24ClFN4O7S2. The first-order valence-corrected chi connectivity index (χ1v) is 14.8. The predicted octanol–water partition coefficient (Wildman–Crippen LogP) is 3.64. The molecule has 0 bridgehead atoms. The van der Waals surface area contributed by atoms with Crippen LogP contribution in [0.1, 0.15) is 52.4 Å². The Labute approximate surface area is 232 Å². The molecule has 208 valence electrons. The van der Waals surface area contributed by atoms with Gasteiger partial charge in [-0.2, -0.15) is 8.42 Å². The maximum absolute atomic E-state index is 14.5. The number of amides is 1. The van der Waals surface area contributed by atoms with E-state index in [1.807, 2.05) is 5.38 Å². The number of halogens is 2. The monoisotopic (exact) mass is 598 g/mol. The molecule has 15 heteroatoms. The van der Waals surface area contributed by atoms with Crippen molar-refractivity contribution in [3.8, 4) is 5.88 Å². The number of likely N-dealkylation sites (tertiary alicyclic amines) is 1. The van der Waals surface area contributed by atoms with Crippen LogP contribution in [0.4, 0.5) is 4.39 Å². The summed E-state index contributed by atoms with van der Waals surface area (Å²) in [4.78, 5) is 26.8. The maximum Gasteiger partial charge on any atom is 0.269 e. The largest absolute Gasteiger partial charge is 0.465 e. The molecule has 1 fully saturated rings. The molecule has 2 aliphatic rings. The highest BCUT2D eigenvalue weighted by Crippen LogP contribution is 2.35. The highest BCUT2D eigenvalue weighted by Gasteiger charge is 2.29. The summed E-state index contributed by atoms with van der Waals surface area (Å²) in [5.41, 5.74) is 1.32. The molecule has 11 nitrogen and oxygen atoms in total. The summed E-state index contributed by atoms with van der Waals surface area (Å²) in [6.45, 7) is 0.656. The second-order valence-electron chi connectivity index (χ2n) is 9.05. The molecule has 1 N–H and O–H groups in total. The van der Waals surface area contributed by atoms with Crippen LogP contribution in [-0.4, -0.2) is 58.4 Å². The second kappa shape index (κ2) is 11.8. The molecule has 0 radical (unpaired) electrons. The Balaban J connectivity index is 1.17. The van der Waals surface area contributed by atoms with Gasteiger partial charge in [-0.15, -0.1) is 11.3 Å². The van der Waals surface area contributed by atoms with Crippen LogP contribution in [0.5, 0.6) is 5.88 Å². The van der Waals surface area contributed by atoms with Crippen LogP contribution in [0.25, 0.3) is 0 Å². The molecule has 39 heavy (non-hydrogen) atoms. The van der Waals surface area contributed by atoms with Gasteiger partial charge in [0.25, 0.3) is 21.9 Å². The van der Waals surface area contributed by atoms with Crippen LogP contribution >= 0.6 is 22.9 Å². The average molecular weight is 599 g/mol. The van der Waals surface area contributed by atoms with Gasteiger partial charge >= 0.3 is 0 Å². The normalized spacial score (nSPS) is 18.4. The average Bonchev–Trinajstić information content (AvgIpc) is 3.29. The van der Waals surface area contributed by atoms with Crippen LogP contribution in [0.2, 0.25) is 5.15 Å². The van der Waals surface area contributed by atoms with Crippen LogP contribution in [0.15, 0.2) is 29.9 Å². The van der Waals surface area contributed by atoms with Crippen molar-refractivity contribution >= 4 is 39.0 Å². The Morgan fingerprint density at radius 3 is 2.62 bits per heavy atom. The van der Waals surface area contributed by atoms with E-state index in [2.05, 4.69) is 9.97 Å². The van der Waals surface area contributed by atoms with E-state index in [-0.39, 0.29) is 53.8 Å². The van der Waals surface area contributed by atoms with Crippen LogP contribution in [-0.2, 0) is 43.4 Å². The summed E-state index contributed by atoms with van der Waals surface area (Å²) >= 11 is 7.37. The number of ether oxygens (including phenoxy) is 3. The number of nitrogens with zero attached hydrogens (tertiary/aromatic N) is 4. The highest BCUT2D eigenvalue weighted by atomic mass is 35.5. The van der Waals surface area contributed by atoms with Gasteiger partial charge in [0, 0.05) is 42.3 Å². The van der Waals surface area contributed by atoms with Crippen molar-refractivity contribution < 1.29 is 36.4 Å². The lowest BCUT2D eigenvalue weighted by molar-refractivity contribution is -0.155. The lowest BCUT2D eigenvalue weighted by Crippen LogP contribution is -2.40. The van der Waals surface area contributed by atoms with E-state index >= 15 is 0 Å². The van der Waals surface area contributed by atoms with Crippen molar-refractivity contribution in [3.63, 3.8) is 0 Å². The Morgan fingerprint density at radius 1 is 1.18 bits per heavy atom. The fourth-order valence-electron chi connectivity index (χ4n) is 4.52. The van der Waals surface area contributed by atoms with Gasteiger partial charge in [-0.3, -0.25) is 9.35 Å². The first-order valence-electron chi connectivity index (χ1n) is 12.0. The molecule has 2 aliphatic heterocycles. The van der Waals surface area contributed by atoms with Crippen LogP contribution in [0, 0.1) is 5.82 Å². The van der Waals surface area contributed by atoms with E-state index < -0.39 is 28.0 Å². The van der Waals surface area contributed by atoms with Gasteiger partial charge < -0.3 is 19.1 Å². The highest BCUT2D eigenvalue weighted by molar-refractivity contribution is 7.85. The molecule has 1 aromatic carbocycles. The van der Waals surface area contributed by atoms with E-state index in [1.165, 1.54) is 29.8 Å². The van der Waals surface area contributed by atoms with E-state index in [4.69, 9.17) is 30.8 Å². The Morgan fingerprint density at radius 2 is 1.90 bits per heavy atom. The molecular weight excluding hydrogens is 575 g/mol. The minimum absolute atomic E-state index is 0.0952. The van der Waals surface area contributed by atoms with Crippen molar-refractivity contribution in [3.05, 3.63) is 68.3 Å². The Bertz CT molecular complexity index is 1460. The van der Waals surface area contributed by atoms with Gasteiger partial charge in [0.15, 0.2) is 11.8 Å². The SMILES string of the molecule is O=C(COc1nccnc1Cl)N1CCC(c2nc(C3OCc4c(F)ccc(CS(=O)(=O)O)c4CO3)cs2)CC1. The van der Waals surface area contributed by atoms with Crippen LogP contribution in [0.3, 0.4) is 0 Å². The third-order valence-electron chi connectivity index (χ3n) is 6.50. The fourth-order valence-corrected chi connectivity index (χ4v) is 6.33. The smallest absolute Gasteiger partial charge is 0.269 e. The molecule has 0 saturated carbocycles. The zero-order valence-corrected chi connectivity index (χ0v) is 22.8. The zero-order valence-electron chi connectivity index (χ0n) is 20.5. The van der Waals surface area contributed by atoms with Gasteiger partial charge in [-0.05, 0) is 30.0 Å². The van der Waals surface area contributed by atoms with Crippen molar-refractivity contribution in [2.75, 3.05) is 19.7 Å². The van der Waals surface area contributed by atoms with E-state index in [9.17, 15) is 22.2 Å². The maximum atomic E-state index is 14.5. The van der Waals surface area contributed by atoms with E-state index in [0.29, 0.717) is 37.2 Å². The lowest BCUT2D eigenvalue weighted by Gasteiger charge is -2.31. The minimum Gasteiger partial charge on any atom is -0.465 e. The standard InChI is InChI=1S/C24H24ClFN4O7S2/c25-21-22(28-6-5-27-21)35-11-20(31)30-7-3-14(4-8-30)23-29-19(12-38-23)24-36-9-16-15(13-39(32,33)34)1-2-18(26)17(16)10-37-24/h1-2,5-6,12,14,24H,3-4,7-11,13H2,(H,32,33,34). The Hall–Kier alpha value is -2.75. The lowest BCUT2D eigenvalue weighted by atomic mass is 9.97. The first kappa shape index (κ1) is 27.8. The molecule has 1 atom stereocenters.